The molecule has 1 aliphatic rings. The summed E-state index contributed by atoms with van der Waals surface area (Å²) >= 11 is 4.53. The van der Waals surface area contributed by atoms with Crippen molar-refractivity contribution in [1.29, 1.82) is 0 Å². The second-order valence-corrected chi connectivity index (χ2v) is 3.41. The topological polar surface area (TPSA) is 109 Å². The number of carbonyl (C=O) groups excluding carboxylic acids is 2. The Hall–Kier alpha value is -1.70. The predicted molar refractivity (Wildman–Crippen MR) is 58.1 cm³/mol. The van der Waals surface area contributed by atoms with Gasteiger partial charge in [0.05, 0.1) is 6.21 Å². The van der Waals surface area contributed by atoms with Crippen molar-refractivity contribution >= 4 is 35.5 Å². The Morgan fingerprint density at radius 3 is 2.80 bits per heavy atom. The summed E-state index contributed by atoms with van der Waals surface area (Å²) < 4.78 is 0. The van der Waals surface area contributed by atoms with Gasteiger partial charge < -0.3 is 11.1 Å². The molecule has 0 unspecified atom stereocenters. The molecule has 0 aliphatic carbocycles. The molecule has 8 heteroatoms. The summed E-state index contributed by atoms with van der Waals surface area (Å²) in [5, 5.41) is 8.24. The van der Waals surface area contributed by atoms with E-state index >= 15 is 0 Å². The maximum absolute atomic E-state index is 11.4. The highest BCUT2D eigenvalue weighted by Crippen LogP contribution is 2.12. The third-order valence-electron chi connectivity index (χ3n) is 1.99. The minimum absolute atomic E-state index is 0.0118. The highest BCUT2D eigenvalue weighted by Gasteiger charge is 2.43. The van der Waals surface area contributed by atoms with Crippen LogP contribution in [-0.2, 0) is 4.79 Å². The van der Waals surface area contributed by atoms with Gasteiger partial charge in [0.1, 0.15) is 0 Å². The third-order valence-corrected chi connectivity index (χ3v) is 2.08. The molecule has 1 saturated heterocycles. The van der Waals surface area contributed by atoms with Crippen LogP contribution in [0.4, 0.5) is 4.79 Å². The molecule has 0 bridgehead atoms. The number of rotatable bonds is 3. The van der Waals surface area contributed by atoms with Crippen molar-refractivity contribution in [3.63, 3.8) is 0 Å². The molecule has 0 radical (unpaired) electrons. The Morgan fingerprint density at radius 2 is 2.40 bits per heavy atom. The highest BCUT2D eigenvalue weighted by atomic mass is 32.1. The molecule has 5 N–H and O–H groups in total. The number of amides is 3. The molecule has 0 aromatic carbocycles. The van der Waals surface area contributed by atoms with Crippen LogP contribution in [0, 0.1) is 0 Å². The molecule has 1 aliphatic heterocycles. The number of hydrazone groups is 1. The number of imide groups is 1. The van der Waals surface area contributed by atoms with E-state index in [1.807, 2.05) is 0 Å². The van der Waals surface area contributed by atoms with Crippen molar-refractivity contribution in [2.75, 3.05) is 0 Å². The largest absolute Gasteiger partial charge is 0.375 e. The number of nitrogens with one attached hydrogen (secondary N) is 3. The van der Waals surface area contributed by atoms with Crippen LogP contribution in [0.25, 0.3) is 0 Å². The Morgan fingerprint density at radius 1 is 1.73 bits per heavy atom. The van der Waals surface area contributed by atoms with E-state index in [4.69, 9.17) is 5.73 Å². The quantitative estimate of drug-likeness (QED) is 0.210. The van der Waals surface area contributed by atoms with Crippen molar-refractivity contribution in [3.05, 3.63) is 0 Å². The van der Waals surface area contributed by atoms with Crippen LogP contribution in [-0.4, -0.2) is 28.8 Å². The Labute approximate surface area is 91.5 Å². The number of carbonyl (C=O) groups is 2. The summed E-state index contributed by atoms with van der Waals surface area (Å²) in [6.45, 7) is 1.75. The zero-order valence-electron chi connectivity index (χ0n) is 8.03. The first-order chi connectivity index (χ1) is 7.00. The zero-order chi connectivity index (χ0) is 11.5. The molecule has 0 aromatic rings. The summed E-state index contributed by atoms with van der Waals surface area (Å²) in [6, 6.07) is -0.538. The zero-order valence-corrected chi connectivity index (χ0v) is 8.85. The fourth-order valence-electron chi connectivity index (χ4n) is 1.14. The van der Waals surface area contributed by atoms with E-state index in [0.717, 1.165) is 0 Å². The number of hydrogen-bond donors (Lipinski definition) is 4. The average Bonchev–Trinajstić information content (AvgIpc) is 2.41. The van der Waals surface area contributed by atoms with Crippen LogP contribution < -0.4 is 21.8 Å². The van der Waals surface area contributed by atoms with E-state index in [1.54, 1.807) is 6.92 Å². The fourth-order valence-corrected chi connectivity index (χ4v) is 1.20. The van der Waals surface area contributed by atoms with E-state index in [9.17, 15) is 9.59 Å². The average molecular weight is 229 g/mol. The Bertz CT molecular complexity index is 342. The lowest BCUT2D eigenvalue weighted by atomic mass is 9.99. The molecule has 0 spiro atoms. The van der Waals surface area contributed by atoms with Crippen molar-refractivity contribution in [1.82, 2.24) is 16.1 Å². The number of nitrogens with zero attached hydrogens (tertiary/aromatic N) is 1. The molecule has 0 saturated carbocycles. The van der Waals surface area contributed by atoms with Gasteiger partial charge in [-0.1, -0.05) is 6.92 Å². The molecule has 1 heterocycles. The van der Waals surface area contributed by atoms with Crippen LogP contribution in [0.1, 0.15) is 13.3 Å². The molecule has 82 valence electrons. The SMILES string of the molecule is CC[C@@]1(/C=N\NC(N)=S)NC(=O)NC1=O. The van der Waals surface area contributed by atoms with Gasteiger partial charge in [0.15, 0.2) is 10.7 Å². The number of urea groups is 1. The van der Waals surface area contributed by atoms with Gasteiger partial charge in [-0.15, -0.1) is 0 Å². The second-order valence-electron chi connectivity index (χ2n) is 2.97. The first-order valence-corrected chi connectivity index (χ1v) is 4.64. The first kappa shape index (κ1) is 11.4. The summed E-state index contributed by atoms with van der Waals surface area (Å²) in [7, 11) is 0. The molecule has 15 heavy (non-hydrogen) atoms. The number of hydrogen-bond acceptors (Lipinski definition) is 4. The molecule has 1 atom stereocenters. The lowest BCUT2D eigenvalue weighted by molar-refractivity contribution is -0.121. The minimum atomic E-state index is -1.12. The first-order valence-electron chi connectivity index (χ1n) is 4.23. The van der Waals surface area contributed by atoms with Crippen LogP contribution >= 0.6 is 12.2 Å². The van der Waals surface area contributed by atoms with E-state index < -0.39 is 17.5 Å². The maximum Gasteiger partial charge on any atom is 0.322 e. The molecule has 3 amide bonds. The van der Waals surface area contributed by atoms with Gasteiger partial charge in [-0.2, -0.15) is 5.10 Å². The monoisotopic (exact) mass is 229 g/mol. The summed E-state index contributed by atoms with van der Waals surface area (Å²) in [5.41, 5.74) is 6.34. The summed E-state index contributed by atoms with van der Waals surface area (Å²) in [6.07, 6.45) is 1.65. The van der Waals surface area contributed by atoms with Crippen molar-refractivity contribution < 1.29 is 9.59 Å². The predicted octanol–water partition coefficient (Wildman–Crippen LogP) is -1.21. The second kappa shape index (κ2) is 4.22. The van der Waals surface area contributed by atoms with Gasteiger partial charge in [-0.3, -0.25) is 15.5 Å². The third kappa shape index (κ3) is 2.40. The summed E-state index contributed by atoms with van der Waals surface area (Å²) in [5.74, 6) is -0.441. The van der Waals surface area contributed by atoms with Gasteiger partial charge in [0.2, 0.25) is 0 Å². The standard InChI is InChI=1S/C7H11N5O2S/c1-2-7(3-9-12-5(8)15)4(13)10-6(14)11-7/h3H,2H2,1H3,(H3,8,12,15)(H2,10,11,13,14)/b9-3-/t7-/m0/s1. The highest BCUT2D eigenvalue weighted by molar-refractivity contribution is 7.80. The number of nitrogens with two attached hydrogens (primary N) is 1. The van der Waals surface area contributed by atoms with E-state index in [0.29, 0.717) is 6.42 Å². The fraction of sp³-hybridized carbons (Fsp3) is 0.429. The van der Waals surface area contributed by atoms with Crippen molar-refractivity contribution in [2.45, 2.75) is 18.9 Å². The normalized spacial score (nSPS) is 25.1. The number of thiocarbonyl (C=S) groups is 1. The maximum atomic E-state index is 11.4. The lowest BCUT2D eigenvalue weighted by Crippen LogP contribution is -2.48. The van der Waals surface area contributed by atoms with Crippen LogP contribution in [0.2, 0.25) is 0 Å². The molecule has 7 nitrogen and oxygen atoms in total. The van der Waals surface area contributed by atoms with Gasteiger partial charge in [-0.25, -0.2) is 4.79 Å². The molecular weight excluding hydrogens is 218 g/mol. The smallest absolute Gasteiger partial charge is 0.322 e. The Balaban J connectivity index is 2.77. The van der Waals surface area contributed by atoms with E-state index in [-0.39, 0.29) is 5.11 Å². The van der Waals surface area contributed by atoms with Gasteiger partial charge >= 0.3 is 6.03 Å². The molecule has 1 rings (SSSR count). The van der Waals surface area contributed by atoms with Crippen LogP contribution in [0.3, 0.4) is 0 Å². The Kier molecular flexibility index (Phi) is 3.20. The van der Waals surface area contributed by atoms with Crippen molar-refractivity contribution in [3.8, 4) is 0 Å². The van der Waals surface area contributed by atoms with Gasteiger partial charge in [-0.05, 0) is 18.6 Å². The van der Waals surface area contributed by atoms with Crippen molar-refractivity contribution in [2.24, 2.45) is 10.8 Å². The van der Waals surface area contributed by atoms with Crippen LogP contribution in [0.15, 0.2) is 5.10 Å². The van der Waals surface area contributed by atoms with E-state index in [1.165, 1.54) is 6.21 Å². The molecule has 1 fully saturated rings. The van der Waals surface area contributed by atoms with Crippen LogP contribution in [0.5, 0.6) is 0 Å². The molecule has 0 aromatic heterocycles. The minimum Gasteiger partial charge on any atom is -0.375 e. The van der Waals surface area contributed by atoms with Gasteiger partial charge in [0, 0.05) is 0 Å². The van der Waals surface area contributed by atoms with E-state index in [2.05, 4.69) is 33.4 Å². The lowest BCUT2D eigenvalue weighted by Gasteiger charge is -2.18. The summed E-state index contributed by atoms with van der Waals surface area (Å²) in [4.78, 5) is 22.4. The van der Waals surface area contributed by atoms with Gasteiger partial charge in [0.25, 0.3) is 5.91 Å². The molecular formula is C7H11N5O2S.